The molecular formula is C16H17ClN2O2. The van der Waals surface area contributed by atoms with E-state index in [2.05, 4.69) is 24.0 Å². The van der Waals surface area contributed by atoms with Gasteiger partial charge in [0.25, 0.3) is 5.69 Å². The van der Waals surface area contributed by atoms with Crippen molar-refractivity contribution in [2.24, 2.45) is 0 Å². The van der Waals surface area contributed by atoms with Crippen molar-refractivity contribution in [1.82, 2.24) is 0 Å². The number of hydrogen-bond acceptors (Lipinski definition) is 3. The van der Waals surface area contributed by atoms with Crippen LogP contribution in [0.2, 0.25) is 0 Å². The van der Waals surface area contributed by atoms with E-state index in [9.17, 15) is 10.1 Å². The van der Waals surface area contributed by atoms with Gasteiger partial charge in [-0.15, -0.1) is 11.6 Å². The van der Waals surface area contributed by atoms with E-state index in [-0.39, 0.29) is 11.6 Å². The lowest BCUT2D eigenvalue weighted by Crippen LogP contribution is -2.22. The van der Waals surface area contributed by atoms with Crippen LogP contribution in [0, 0.1) is 10.1 Å². The Hall–Kier alpha value is -2.07. The monoisotopic (exact) mass is 304 g/mol. The summed E-state index contributed by atoms with van der Waals surface area (Å²) in [5.41, 5.74) is 2.77. The molecule has 2 aromatic carbocycles. The standard InChI is InChI=1S/C16H17ClN2O2/c1-2-18(12-13-6-4-3-5-7-13)15-8-9-16(19(20)21)14(10-15)11-17/h3-10H,2,11-12H2,1H3. The first-order valence-corrected chi connectivity index (χ1v) is 7.31. The number of hydrogen-bond donors (Lipinski definition) is 0. The molecule has 0 spiro atoms. The molecule has 0 heterocycles. The van der Waals surface area contributed by atoms with Gasteiger partial charge in [0.15, 0.2) is 0 Å². The van der Waals surface area contributed by atoms with E-state index in [0.717, 1.165) is 18.8 Å². The summed E-state index contributed by atoms with van der Waals surface area (Å²) in [5, 5.41) is 11.0. The third kappa shape index (κ3) is 3.73. The molecule has 0 bridgehead atoms. The Bertz CT molecular complexity index is 617. The molecule has 0 aliphatic carbocycles. The van der Waals surface area contributed by atoms with E-state index in [0.29, 0.717) is 5.56 Å². The number of anilines is 1. The first-order chi connectivity index (χ1) is 10.2. The van der Waals surface area contributed by atoms with Crippen LogP contribution in [0.3, 0.4) is 0 Å². The van der Waals surface area contributed by atoms with Crippen LogP contribution >= 0.6 is 11.6 Å². The Balaban J connectivity index is 2.28. The van der Waals surface area contributed by atoms with Crippen molar-refractivity contribution in [2.75, 3.05) is 11.4 Å². The molecule has 2 aromatic rings. The lowest BCUT2D eigenvalue weighted by molar-refractivity contribution is -0.385. The minimum Gasteiger partial charge on any atom is -0.367 e. The molecule has 0 saturated heterocycles. The number of benzene rings is 2. The fourth-order valence-electron chi connectivity index (χ4n) is 2.24. The Labute approximate surface area is 129 Å². The smallest absolute Gasteiger partial charge is 0.273 e. The number of halogens is 1. The van der Waals surface area contributed by atoms with Gasteiger partial charge in [0, 0.05) is 30.4 Å². The third-order valence-corrected chi connectivity index (χ3v) is 3.65. The Morgan fingerprint density at radius 1 is 1.19 bits per heavy atom. The van der Waals surface area contributed by atoms with Gasteiger partial charge in [-0.25, -0.2) is 0 Å². The SMILES string of the molecule is CCN(Cc1ccccc1)c1ccc([N+](=O)[O-])c(CCl)c1. The van der Waals surface area contributed by atoms with E-state index < -0.39 is 4.92 Å². The van der Waals surface area contributed by atoms with Gasteiger partial charge in [0.1, 0.15) is 0 Å². The summed E-state index contributed by atoms with van der Waals surface area (Å²) in [6.07, 6.45) is 0. The molecule has 0 fully saturated rings. The van der Waals surface area contributed by atoms with Gasteiger partial charge in [0.05, 0.1) is 10.8 Å². The first-order valence-electron chi connectivity index (χ1n) is 6.78. The maximum absolute atomic E-state index is 11.0. The molecule has 0 aromatic heterocycles. The van der Waals surface area contributed by atoms with Crippen LogP contribution in [0.15, 0.2) is 48.5 Å². The number of nitro groups is 1. The fourth-order valence-corrected chi connectivity index (χ4v) is 2.46. The van der Waals surface area contributed by atoms with E-state index in [1.807, 2.05) is 18.2 Å². The summed E-state index contributed by atoms with van der Waals surface area (Å²) < 4.78 is 0. The van der Waals surface area contributed by atoms with Gasteiger partial charge >= 0.3 is 0 Å². The molecule has 0 N–H and O–H groups in total. The largest absolute Gasteiger partial charge is 0.367 e. The van der Waals surface area contributed by atoms with E-state index >= 15 is 0 Å². The molecule has 21 heavy (non-hydrogen) atoms. The molecule has 4 nitrogen and oxygen atoms in total. The Morgan fingerprint density at radius 3 is 2.48 bits per heavy atom. The van der Waals surface area contributed by atoms with E-state index in [4.69, 9.17) is 11.6 Å². The maximum atomic E-state index is 11.0. The van der Waals surface area contributed by atoms with Gasteiger partial charge in [0.2, 0.25) is 0 Å². The average molecular weight is 305 g/mol. The Morgan fingerprint density at radius 2 is 1.90 bits per heavy atom. The van der Waals surface area contributed by atoms with Crippen molar-refractivity contribution in [3.8, 4) is 0 Å². The molecular weight excluding hydrogens is 288 g/mol. The summed E-state index contributed by atoms with van der Waals surface area (Å²) in [6, 6.07) is 15.2. The fraction of sp³-hybridized carbons (Fsp3) is 0.250. The van der Waals surface area contributed by atoms with Crippen LogP contribution in [0.25, 0.3) is 0 Å². The Kier molecular flexibility index (Phi) is 5.17. The number of nitro benzene ring substituents is 1. The third-order valence-electron chi connectivity index (χ3n) is 3.37. The highest BCUT2D eigenvalue weighted by atomic mass is 35.5. The highest BCUT2D eigenvalue weighted by Gasteiger charge is 2.15. The molecule has 0 unspecified atom stereocenters. The zero-order valence-corrected chi connectivity index (χ0v) is 12.6. The summed E-state index contributed by atoms with van der Waals surface area (Å²) in [7, 11) is 0. The second kappa shape index (κ2) is 7.09. The van der Waals surface area contributed by atoms with Gasteiger partial charge < -0.3 is 4.90 Å². The van der Waals surface area contributed by atoms with Gasteiger partial charge in [-0.1, -0.05) is 30.3 Å². The molecule has 0 atom stereocenters. The molecule has 0 aliphatic heterocycles. The van der Waals surface area contributed by atoms with Crippen LogP contribution in [0.1, 0.15) is 18.1 Å². The zero-order valence-electron chi connectivity index (χ0n) is 11.8. The van der Waals surface area contributed by atoms with E-state index in [1.165, 1.54) is 11.6 Å². The van der Waals surface area contributed by atoms with Crippen molar-refractivity contribution < 1.29 is 4.92 Å². The predicted molar refractivity (Wildman–Crippen MR) is 85.8 cm³/mol. The van der Waals surface area contributed by atoms with Crippen molar-refractivity contribution in [3.05, 3.63) is 69.8 Å². The van der Waals surface area contributed by atoms with Crippen LogP contribution in [-0.4, -0.2) is 11.5 Å². The second-order valence-corrected chi connectivity index (χ2v) is 4.97. The average Bonchev–Trinajstić information content (AvgIpc) is 2.52. The summed E-state index contributed by atoms with van der Waals surface area (Å²) in [6.45, 7) is 3.63. The van der Waals surface area contributed by atoms with Crippen molar-refractivity contribution in [1.29, 1.82) is 0 Å². The lowest BCUT2D eigenvalue weighted by atomic mass is 10.1. The maximum Gasteiger partial charge on any atom is 0.273 e. The summed E-state index contributed by atoms with van der Waals surface area (Å²) in [5.74, 6) is 0.132. The minimum atomic E-state index is -0.394. The molecule has 110 valence electrons. The summed E-state index contributed by atoms with van der Waals surface area (Å²) >= 11 is 5.83. The van der Waals surface area contributed by atoms with Gasteiger partial charge in [-0.2, -0.15) is 0 Å². The summed E-state index contributed by atoms with van der Waals surface area (Å²) in [4.78, 5) is 12.7. The number of nitrogens with zero attached hydrogens (tertiary/aromatic N) is 2. The van der Waals surface area contributed by atoms with Crippen LogP contribution < -0.4 is 4.90 Å². The van der Waals surface area contributed by atoms with Crippen LogP contribution in [0.4, 0.5) is 11.4 Å². The molecule has 0 radical (unpaired) electrons. The molecule has 5 heteroatoms. The van der Waals surface area contributed by atoms with Crippen molar-refractivity contribution >= 4 is 23.0 Å². The van der Waals surface area contributed by atoms with Crippen molar-refractivity contribution in [3.63, 3.8) is 0 Å². The van der Waals surface area contributed by atoms with E-state index in [1.54, 1.807) is 12.1 Å². The van der Waals surface area contributed by atoms with Crippen LogP contribution in [-0.2, 0) is 12.4 Å². The van der Waals surface area contributed by atoms with Gasteiger partial charge in [-0.3, -0.25) is 10.1 Å². The molecule has 0 aliphatic rings. The molecule has 0 amide bonds. The van der Waals surface area contributed by atoms with Crippen molar-refractivity contribution in [2.45, 2.75) is 19.3 Å². The quantitative estimate of drug-likeness (QED) is 0.452. The highest BCUT2D eigenvalue weighted by molar-refractivity contribution is 6.17. The molecule has 0 saturated carbocycles. The minimum absolute atomic E-state index is 0.0736. The normalized spacial score (nSPS) is 10.4. The lowest BCUT2D eigenvalue weighted by Gasteiger charge is -2.23. The zero-order chi connectivity index (χ0) is 15.2. The van der Waals surface area contributed by atoms with Gasteiger partial charge in [-0.05, 0) is 24.6 Å². The highest BCUT2D eigenvalue weighted by Crippen LogP contribution is 2.27. The second-order valence-electron chi connectivity index (χ2n) is 4.70. The number of alkyl halides is 1. The first kappa shape index (κ1) is 15.3. The predicted octanol–water partition coefficient (Wildman–Crippen LogP) is 4.36. The molecule has 2 rings (SSSR count). The topological polar surface area (TPSA) is 46.4 Å². The van der Waals surface area contributed by atoms with Crippen LogP contribution in [0.5, 0.6) is 0 Å². The number of rotatable bonds is 6.